The second-order valence-electron chi connectivity index (χ2n) is 6.34. The van der Waals surface area contributed by atoms with Crippen molar-refractivity contribution >= 4 is 16.8 Å². The van der Waals surface area contributed by atoms with Crippen LogP contribution in [-0.2, 0) is 6.54 Å². The second-order valence-corrected chi connectivity index (χ2v) is 6.34. The molecule has 0 aliphatic carbocycles. The second kappa shape index (κ2) is 9.02. The average Bonchev–Trinajstić information content (AvgIpc) is 2.70. The van der Waals surface area contributed by atoms with Crippen LogP contribution >= 0.6 is 0 Å². The number of rotatable bonds is 7. The summed E-state index contributed by atoms with van der Waals surface area (Å²) in [6.07, 6.45) is 1.34. The summed E-state index contributed by atoms with van der Waals surface area (Å²) in [5, 5.41) is 17.4. The molecule has 3 aromatic carbocycles. The highest BCUT2D eigenvalue weighted by Crippen LogP contribution is 2.18. The number of amides is 2. The van der Waals surface area contributed by atoms with Crippen LogP contribution in [0.5, 0.6) is 0 Å². The van der Waals surface area contributed by atoms with E-state index in [1.165, 1.54) is 5.39 Å². The molecule has 4 heteroatoms. The molecule has 0 spiro atoms. The van der Waals surface area contributed by atoms with E-state index in [0.29, 0.717) is 19.4 Å². The summed E-state index contributed by atoms with van der Waals surface area (Å²) in [5.41, 5.74) is 2.10. The normalized spacial score (nSPS) is 11.9. The van der Waals surface area contributed by atoms with E-state index in [4.69, 9.17) is 5.11 Å². The van der Waals surface area contributed by atoms with Gasteiger partial charge < -0.3 is 15.7 Å². The molecule has 0 radical (unpaired) electrons. The summed E-state index contributed by atoms with van der Waals surface area (Å²) in [6.45, 7) is 0.585. The minimum absolute atomic E-state index is 0.111. The maximum absolute atomic E-state index is 12.3. The average molecular weight is 348 g/mol. The lowest BCUT2D eigenvalue weighted by atomic mass is 10.0. The summed E-state index contributed by atoms with van der Waals surface area (Å²) in [5.74, 6) is 0. The van der Waals surface area contributed by atoms with Crippen molar-refractivity contribution in [3.8, 4) is 0 Å². The zero-order valence-corrected chi connectivity index (χ0v) is 14.7. The molecule has 3 rings (SSSR count). The summed E-state index contributed by atoms with van der Waals surface area (Å²) in [4.78, 5) is 12.3. The molecule has 0 heterocycles. The van der Waals surface area contributed by atoms with E-state index in [9.17, 15) is 4.79 Å². The van der Waals surface area contributed by atoms with Gasteiger partial charge in [0, 0.05) is 13.2 Å². The Morgan fingerprint density at radius 2 is 1.65 bits per heavy atom. The molecule has 134 valence electrons. The van der Waals surface area contributed by atoms with Gasteiger partial charge in [-0.1, -0.05) is 66.7 Å². The van der Waals surface area contributed by atoms with Gasteiger partial charge in [-0.3, -0.25) is 0 Å². The number of hydrogen-bond acceptors (Lipinski definition) is 2. The van der Waals surface area contributed by atoms with Crippen molar-refractivity contribution in [3.63, 3.8) is 0 Å². The van der Waals surface area contributed by atoms with E-state index in [-0.39, 0.29) is 18.7 Å². The lowest BCUT2D eigenvalue weighted by Crippen LogP contribution is -2.37. The van der Waals surface area contributed by atoms with Crippen molar-refractivity contribution in [3.05, 3.63) is 83.9 Å². The Labute approximate surface area is 153 Å². The number of hydrogen-bond donors (Lipinski definition) is 3. The quantitative estimate of drug-likeness (QED) is 0.600. The SMILES string of the molecule is O=C(NCc1ccc2ccccc2c1)NC(CCCO)c1ccccc1. The fourth-order valence-electron chi connectivity index (χ4n) is 3.04. The van der Waals surface area contributed by atoms with Crippen LogP contribution in [0, 0.1) is 0 Å². The summed E-state index contributed by atoms with van der Waals surface area (Å²) in [6, 6.07) is 23.9. The van der Waals surface area contributed by atoms with E-state index in [1.54, 1.807) is 0 Å². The number of urea groups is 1. The lowest BCUT2D eigenvalue weighted by molar-refractivity contribution is 0.232. The predicted octanol–water partition coefficient (Wildman–Crippen LogP) is 4.15. The highest BCUT2D eigenvalue weighted by Gasteiger charge is 2.13. The maximum Gasteiger partial charge on any atom is 0.315 e. The van der Waals surface area contributed by atoms with Crippen molar-refractivity contribution in [2.75, 3.05) is 6.61 Å². The van der Waals surface area contributed by atoms with Crippen molar-refractivity contribution in [1.29, 1.82) is 0 Å². The van der Waals surface area contributed by atoms with E-state index < -0.39 is 0 Å². The minimum Gasteiger partial charge on any atom is -0.396 e. The first-order chi connectivity index (χ1) is 12.8. The molecule has 0 fully saturated rings. The molecule has 3 N–H and O–H groups in total. The van der Waals surface area contributed by atoms with Gasteiger partial charge in [0.15, 0.2) is 0 Å². The molecule has 3 aromatic rings. The number of carbonyl (C=O) groups is 1. The number of fused-ring (bicyclic) bond motifs is 1. The van der Waals surface area contributed by atoms with Gasteiger partial charge in [-0.05, 0) is 40.8 Å². The zero-order chi connectivity index (χ0) is 18.2. The van der Waals surface area contributed by atoms with E-state index in [1.807, 2.05) is 48.5 Å². The molecule has 2 amide bonds. The Kier molecular flexibility index (Phi) is 6.23. The third-order valence-electron chi connectivity index (χ3n) is 4.43. The molecule has 1 unspecified atom stereocenters. The van der Waals surface area contributed by atoms with Crippen LogP contribution < -0.4 is 10.6 Å². The van der Waals surface area contributed by atoms with Crippen LogP contribution in [0.1, 0.15) is 30.0 Å². The van der Waals surface area contributed by atoms with Crippen molar-refractivity contribution in [2.45, 2.75) is 25.4 Å². The Hall–Kier alpha value is -2.85. The predicted molar refractivity (Wildman–Crippen MR) is 105 cm³/mol. The van der Waals surface area contributed by atoms with Gasteiger partial charge in [0.05, 0.1) is 6.04 Å². The van der Waals surface area contributed by atoms with E-state index >= 15 is 0 Å². The largest absolute Gasteiger partial charge is 0.396 e. The van der Waals surface area contributed by atoms with Gasteiger partial charge in [0.2, 0.25) is 0 Å². The Balaban J connectivity index is 1.60. The van der Waals surface area contributed by atoms with Crippen LogP contribution in [0.2, 0.25) is 0 Å². The van der Waals surface area contributed by atoms with E-state index in [2.05, 4.69) is 34.9 Å². The van der Waals surface area contributed by atoms with Crippen LogP contribution in [-0.4, -0.2) is 17.7 Å². The van der Waals surface area contributed by atoms with Gasteiger partial charge in [-0.15, -0.1) is 0 Å². The molecule has 1 atom stereocenters. The molecule has 0 bridgehead atoms. The molecule has 0 aromatic heterocycles. The number of aliphatic hydroxyl groups excluding tert-OH is 1. The van der Waals surface area contributed by atoms with Crippen LogP contribution in [0.25, 0.3) is 10.8 Å². The molecule has 0 aliphatic rings. The van der Waals surface area contributed by atoms with Crippen LogP contribution in [0.3, 0.4) is 0 Å². The molecule has 0 aliphatic heterocycles. The number of nitrogens with one attached hydrogen (secondary N) is 2. The standard InChI is InChI=1S/C22H24N2O2/c25-14-6-11-21(19-8-2-1-3-9-19)24-22(26)23-16-17-12-13-18-7-4-5-10-20(18)15-17/h1-5,7-10,12-13,15,21,25H,6,11,14,16H2,(H2,23,24,26). The number of benzene rings is 3. The molecular weight excluding hydrogens is 324 g/mol. The van der Waals surface area contributed by atoms with Crippen molar-refractivity contribution in [2.24, 2.45) is 0 Å². The van der Waals surface area contributed by atoms with Gasteiger partial charge in [0.1, 0.15) is 0 Å². The first kappa shape index (κ1) is 18.0. The number of carbonyl (C=O) groups excluding carboxylic acids is 1. The summed E-state index contributed by atoms with van der Waals surface area (Å²) >= 11 is 0. The number of aliphatic hydroxyl groups is 1. The maximum atomic E-state index is 12.3. The first-order valence-corrected chi connectivity index (χ1v) is 8.94. The topological polar surface area (TPSA) is 61.4 Å². The molecule has 4 nitrogen and oxygen atoms in total. The van der Waals surface area contributed by atoms with Crippen molar-refractivity contribution < 1.29 is 9.90 Å². The van der Waals surface area contributed by atoms with Gasteiger partial charge in [0.25, 0.3) is 0 Å². The van der Waals surface area contributed by atoms with Gasteiger partial charge in [-0.25, -0.2) is 4.79 Å². The highest BCUT2D eigenvalue weighted by atomic mass is 16.3. The highest BCUT2D eigenvalue weighted by molar-refractivity contribution is 5.83. The molecule has 0 saturated heterocycles. The third kappa shape index (κ3) is 4.83. The summed E-state index contributed by atoms with van der Waals surface area (Å²) < 4.78 is 0. The van der Waals surface area contributed by atoms with Gasteiger partial charge >= 0.3 is 6.03 Å². The van der Waals surface area contributed by atoms with E-state index in [0.717, 1.165) is 16.5 Å². The monoisotopic (exact) mass is 348 g/mol. The molecule has 26 heavy (non-hydrogen) atoms. The summed E-state index contributed by atoms with van der Waals surface area (Å²) in [7, 11) is 0. The van der Waals surface area contributed by atoms with Crippen molar-refractivity contribution in [1.82, 2.24) is 10.6 Å². The fraction of sp³-hybridized carbons (Fsp3) is 0.227. The Morgan fingerprint density at radius 3 is 2.42 bits per heavy atom. The first-order valence-electron chi connectivity index (χ1n) is 8.94. The van der Waals surface area contributed by atoms with Crippen LogP contribution in [0.15, 0.2) is 72.8 Å². The Bertz CT molecular complexity index is 849. The van der Waals surface area contributed by atoms with Crippen LogP contribution in [0.4, 0.5) is 4.79 Å². The third-order valence-corrected chi connectivity index (χ3v) is 4.43. The Morgan fingerprint density at radius 1 is 0.923 bits per heavy atom. The minimum atomic E-state index is -0.204. The molecule has 0 saturated carbocycles. The zero-order valence-electron chi connectivity index (χ0n) is 14.7. The molecular formula is C22H24N2O2. The van der Waals surface area contributed by atoms with Gasteiger partial charge in [-0.2, -0.15) is 0 Å². The lowest BCUT2D eigenvalue weighted by Gasteiger charge is -2.19. The fourth-order valence-corrected chi connectivity index (χ4v) is 3.04. The smallest absolute Gasteiger partial charge is 0.315 e.